The minimum Gasteiger partial charge on any atom is -0.342 e. The molecule has 1 aliphatic heterocycles. The first-order chi connectivity index (χ1) is 7.21. The third kappa shape index (κ3) is 3.78. The van der Waals surface area contributed by atoms with Gasteiger partial charge in [-0.3, -0.25) is 4.79 Å². The van der Waals surface area contributed by atoms with Gasteiger partial charge in [-0.1, -0.05) is 42.6 Å². The first-order valence-electron chi connectivity index (χ1n) is 6.04. The predicted molar refractivity (Wildman–Crippen MR) is 67.2 cm³/mol. The smallest absolute Gasteiger partial charge is 0.222 e. The average molecular weight is 276 g/mol. The van der Waals surface area contributed by atoms with Gasteiger partial charge in [0.1, 0.15) is 0 Å². The summed E-state index contributed by atoms with van der Waals surface area (Å²) >= 11 is 3.51. The van der Waals surface area contributed by atoms with Crippen molar-refractivity contribution >= 4 is 21.8 Å². The van der Waals surface area contributed by atoms with E-state index in [0.29, 0.717) is 17.7 Å². The second kappa shape index (κ2) is 6.51. The zero-order valence-corrected chi connectivity index (χ0v) is 11.4. The quantitative estimate of drug-likeness (QED) is 0.683. The second-order valence-corrected chi connectivity index (χ2v) is 5.23. The highest BCUT2D eigenvalue weighted by atomic mass is 79.9. The van der Waals surface area contributed by atoms with Gasteiger partial charge in [0, 0.05) is 24.8 Å². The van der Waals surface area contributed by atoms with Crippen molar-refractivity contribution in [2.24, 2.45) is 11.8 Å². The number of alkyl halides is 1. The molecule has 15 heavy (non-hydrogen) atoms. The molecule has 1 heterocycles. The minimum absolute atomic E-state index is 0.368. The SMILES string of the molecule is CCCC1CC(=O)N(CC(CC)CBr)C1. The zero-order chi connectivity index (χ0) is 11.3. The van der Waals surface area contributed by atoms with Crippen molar-refractivity contribution in [2.75, 3.05) is 18.4 Å². The van der Waals surface area contributed by atoms with Gasteiger partial charge in [-0.05, 0) is 18.3 Å². The summed E-state index contributed by atoms with van der Waals surface area (Å²) in [7, 11) is 0. The lowest BCUT2D eigenvalue weighted by atomic mass is 10.0. The normalized spacial score (nSPS) is 23.5. The Bertz CT molecular complexity index is 204. The van der Waals surface area contributed by atoms with Gasteiger partial charge >= 0.3 is 0 Å². The van der Waals surface area contributed by atoms with E-state index in [1.165, 1.54) is 12.8 Å². The van der Waals surface area contributed by atoms with Crippen molar-refractivity contribution in [2.45, 2.75) is 39.5 Å². The van der Waals surface area contributed by atoms with Gasteiger partial charge in [-0.2, -0.15) is 0 Å². The maximum absolute atomic E-state index is 11.7. The number of carbonyl (C=O) groups is 1. The molecule has 0 aromatic rings. The molecule has 0 radical (unpaired) electrons. The van der Waals surface area contributed by atoms with Gasteiger partial charge in [0.25, 0.3) is 0 Å². The van der Waals surface area contributed by atoms with Crippen molar-refractivity contribution in [1.29, 1.82) is 0 Å². The monoisotopic (exact) mass is 275 g/mol. The van der Waals surface area contributed by atoms with Crippen LogP contribution in [0.2, 0.25) is 0 Å². The molecule has 1 aliphatic rings. The standard InChI is InChI=1S/C12H22BrNO/c1-3-5-11-6-12(15)14(9-11)8-10(4-2)7-13/h10-11H,3-9H2,1-2H3. The predicted octanol–water partition coefficient (Wildman–Crippen LogP) is 3.06. The molecule has 2 nitrogen and oxygen atoms in total. The maximum atomic E-state index is 11.7. The molecule has 1 saturated heterocycles. The zero-order valence-electron chi connectivity index (χ0n) is 9.84. The third-order valence-corrected chi connectivity index (χ3v) is 4.18. The number of halogens is 1. The molecule has 0 aromatic carbocycles. The van der Waals surface area contributed by atoms with E-state index in [2.05, 4.69) is 34.7 Å². The van der Waals surface area contributed by atoms with E-state index in [-0.39, 0.29) is 0 Å². The van der Waals surface area contributed by atoms with Crippen molar-refractivity contribution in [3.05, 3.63) is 0 Å². The fraction of sp³-hybridized carbons (Fsp3) is 0.917. The number of hydrogen-bond donors (Lipinski definition) is 0. The molecule has 0 spiro atoms. The molecule has 1 rings (SSSR count). The number of amides is 1. The molecule has 0 aromatic heterocycles. The molecule has 88 valence electrons. The Kier molecular flexibility index (Phi) is 5.65. The lowest BCUT2D eigenvalue weighted by Gasteiger charge is -2.21. The van der Waals surface area contributed by atoms with Gasteiger partial charge < -0.3 is 4.90 Å². The molecule has 0 bridgehead atoms. The van der Waals surface area contributed by atoms with Crippen LogP contribution in [0.15, 0.2) is 0 Å². The van der Waals surface area contributed by atoms with Crippen LogP contribution < -0.4 is 0 Å². The minimum atomic E-state index is 0.368. The Balaban J connectivity index is 2.39. The van der Waals surface area contributed by atoms with Crippen LogP contribution >= 0.6 is 15.9 Å². The fourth-order valence-corrected chi connectivity index (χ4v) is 2.89. The van der Waals surface area contributed by atoms with Crippen LogP contribution in [0.1, 0.15) is 39.5 Å². The van der Waals surface area contributed by atoms with Crippen LogP contribution in [-0.2, 0) is 4.79 Å². The fourth-order valence-electron chi connectivity index (χ4n) is 2.23. The van der Waals surface area contributed by atoms with Gasteiger partial charge in [-0.25, -0.2) is 0 Å². The highest BCUT2D eigenvalue weighted by Crippen LogP contribution is 2.23. The molecule has 0 aliphatic carbocycles. The number of likely N-dealkylation sites (tertiary alicyclic amines) is 1. The number of nitrogens with zero attached hydrogens (tertiary/aromatic N) is 1. The number of rotatable bonds is 6. The molecular formula is C12H22BrNO. The van der Waals surface area contributed by atoms with E-state index >= 15 is 0 Å². The molecule has 1 amide bonds. The molecule has 2 atom stereocenters. The summed E-state index contributed by atoms with van der Waals surface area (Å²) in [5.74, 6) is 1.61. The molecule has 0 saturated carbocycles. The largest absolute Gasteiger partial charge is 0.342 e. The lowest BCUT2D eigenvalue weighted by Crippen LogP contribution is -2.31. The van der Waals surface area contributed by atoms with Crippen LogP contribution in [-0.4, -0.2) is 29.2 Å². The van der Waals surface area contributed by atoms with E-state index in [4.69, 9.17) is 0 Å². The maximum Gasteiger partial charge on any atom is 0.222 e. The number of carbonyl (C=O) groups excluding carboxylic acids is 1. The Labute approximate surface area is 102 Å². The summed E-state index contributed by atoms with van der Waals surface area (Å²) in [6, 6.07) is 0. The lowest BCUT2D eigenvalue weighted by molar-refractivity contribution is -0.128. The van der Waals surface area contributed by atoms with E-state index < -0.39 is 0 Å². The first-order valence-corrected chi connectivity index (χ1v) is 7.17. The van der Waals surface area contributed by atoms with Crippen molar-refractivity contribution in [1.82, 2.24) is 4.90 Å². The molecule has 0 N–H and O–H groups in total. The molecular weight excluding hydrogens is 254 g/mol. The van der Waals surface area contributed by atoms with E-state index in [1.807, 2.05) is 0 Å². The van der Waals surface area contributed by atoms with Gasteiger partial charge in [0.2, 0.25) is 5.91 Å². The average Bonchev–Trinajstić information content (AvgIpc) is 2.56. The number of hydrogen-bond acceptors (Lipinski definition) is 1. The van der Waals surface area contributed by atoms with Gasteiger partial charge in [0.05, 0.1) is 0 Å². The first kappa shape index (κ1) is 13.0. The second-order valence-electron chi connectivity index (χ2n) is 4.59. The summed E-state index contributed by atoms with van der Waals surface area (Å²) in [5, 5.41) is 1.01. The molecule has 1 fully saturated rings. The Morgan fingerprint density at radius 1 is 1.53 bits per heavy atom. The molecule has 3 heteroatoms. The summed E-state index contributed by atoms with van der Waals surface area (Å²) in [6.07, 6.45) is 4.33. The Morgan fingerprint density at radius 2 is 2.27 bits per heavy atom. The Morgan fingerprint density at radius 3 is 2.80 bits per heavy atom. The van der Waals surface area contributed by atoms with Gasteiger partial charge in [-0.15, -0.1) is 0 Å². The van der Waals surface area contributed by atoms with E-state index in [0.717, 1.165) is 31.3 Å². The van der Waals surface area contributed by atoms with Crippen LogP contribution in [0.4, 0.5) is 0 Å². The highest BCUT2D eigenvalue weighted by molar-refractivity contribution is 9.09. The van der Waals surface area contributed by atoms with E-state index in [9.17, 15) is 4.79 Å². The van der Waals surface area contributed by atoms with Crippen LogP contribution in [0.25, 0.3) is 0 Å². The highest BCUT2D eigenvalue weighted by Gasteiger charge is 2.29. The Hall–Kier alpha value is -0.0500. The van der Waals surface area contributed by atoms with Gasteiger partial charge in [0.15, 0.2) is 0 Å². The van der Waals surface area contributed by atoms with Crippen LogP contribution in [0.3, 0.4) is 0 Å². The van der Waals surface area contributed by atoms with E-state index in [1.54, 1.807) is 0 Å². The summed E-state index contributed by atoms with van der Waals surface area (Å²) in [4.78, 5) is 13.8. The summed E-state index contributed by atoms with van der Waals surface area (Å²) < 4.78 is 0. The topological polar surface area (TPSA) is 20.3 Å². The van der Waals surface area contributed by atoms with Crippen molar-refractivity contribution in [3.63, 3.8) is 0 Å². The van der Waals surface area contributed by atoms with Crippen molar-refractivity contribution in [3.8, 4) is 0 Å². The third-order valence-electron chi connectivity index (χ3n) is 3.27. The van der Waals surface area contributed by atoms with Crippen LogP contribution in [0, 0.1) is 11.8 Å². The summed E-state index contributed by atoms with van der Waals surface area (Å²) in [6.45, 7) is 6.33. The summed E-state index contributed by atoms with van der Waals surface area (Å²) in [5.41, 5.74) is 0. The van der Waals surface area contributed by atoms with Crippen LogP contribution in [0.5, 0.6) is 0 Å². The van der Waals surface area contributed by atoms with Crippen molar-refractivity contribution < 1.29 is 4.79 Å². The molecule has 2 unspecified atom stereocenters.